The number of benzene rings is 2. The van der Waals surface area contributed by atoms with Gasteiger partial charge in [-0.15, -0.1) is 0 Å². The Morgan fingerprint density at radius 3 is 2.42 bits per heavy atom. The summed E-state index contributed by atoms with van der Waals surface area (Å²) >= 11 is 0. The Labute approximate surface area is 107 Å². The molecule has 0 heterocycles. The molecule has 0 fully saturated rings. The molecule has 0 aromatic heterocycles. The van der Waals surface area contributed by atoms with E-state index in [4.69, 9.17) is 10.8 Å². The summed E-state index contributed by atoms with van der Waals surface area (Å²) in [6, 6.07) is 7.12. The summed E-state index contributed by atoms with van der Waals surface area (Å²) in [7, 11) is 0. The largest absolute Gasteiger partial charge is 0.478 e. The molecular weight excluding hydrogens is 254 g/mol. The second-order valence-electron chi connectivity index (χ2n) is 3.86. The molecule has 19 heavy (non-hydrogen) atoms. The van der Waals surface area contributed by atoms with Crippen molar-refractivity contribution in [1.29, 1.82) is 0 Å². The fraction of sp³-hybridized carbons (Fsp3) is 0. The Kier molecular flexibility index (Phi) is 3.33. The highest BCUT2D eigenvalue weighted by atomic mass is 19.1. The molecule has 0 unspecified atom stereocenters. The van der Waals surface area contributed by atoms with Crippen LogP contribution in [0.15, 0.2) is 36.4 Å². The van der Waals surface area contributed by atoms with Crippen LogP contribution in [0.2, 0.25) is 0 Å². The average Bonchev–Trinajstić information content (AvgIpc) is 2.34. The Hall–Kier alpha value is -2.63. The van der Waals surface area contributed by atoms with Gasteiger partial charge in [-0.2, -0.15) is 0 Å². The van der Waals surface area contributed by atoms with Crippen LogP contribution >= 0.6 is 0 Å². The van der Waals surface area contributed by atoms with Gasteiger partial charge in [-0.05, 0) is 30.3 Å². The zero-order chi connectivity index (χ0) is 14.0. The van der Waals surface area contributed by atoms with E-state index in [9.17, 15) is 13.6 Å². The van der Waals surface area contributed by atoms with E-state index in [1.807, 2.05) is 0 Å². The summed E-state index contributed by atoms with van der Waals surface area (Å²) in [4.78, 5) is 11.1. The Morgan fingerprint density at radius 1 is 1.11 bits per heavy atom. The van der Waals surface area contributed by atoms with Crippen molar-refractivity contribution in [3.8, 4) is 0 Å². The summed E-state index contributed by atoms with van der Waals surface area (Å²) in [5, 5.41) is 11.6. The lowest BCUT2D eigenvalue weighted by Crippen LogP contribution is -2.04. The van der Waals surface area contributed by atoms with Crippen LogP contribution in [0.4, 0.5) is 25.8 Å². The monoisotopic (exact) mass is 264 g/mol. The van der Waals surface area contributed by atoms with Crippen molar-refractivity contribution < 1.29 is 18.7 Å². The zero-order valence-electron chi connectivity index (χ0n) is 9.65. The van der Waals surface area contributed by atoms with Gasteiger partial charge in [0.2, 0.25) is 0 Å². The van der Waals surface area contributed by atoms with Crippen LogP contribution in [0, 0.1) is 11.6 Å². The van der Waals surface area contributed by atoms with Crippen molar-refractivity contribution in [3.63, 3.8) is 0 Å². The average molecular weight is 264 g/mol. The molecule has 98 valence electrons. The summed E-state index contributed by atoms with van der Waals surface area (Å²) < 4.78 is 26.2. The molecule has 0 saturated carbocycles. The maximum absolute atomic E-state index is 13.5. The van der Waals surface area contributed by atoms with Gasteiger partial charge in [0, 0.05) is 11.8 Å². The maximum atomic E-state index is 13.5. The van der Waals surface area contributed by atoms with E-state index < -0.39 is 17.6 Å². The van der Waals surface area contributed by atoms with Crippen molar-refractivity contribution in [1.82, 2.24) is 0 Å². The number of carboxylic acids is 1. The third-order valence-corrected chi connectivity index (χ3v) is 2.47. The molecule has 2 aromatic carbocycles. The number of nitrogens with two attached hydrogens (primary N) is 1. The first-order valence-corrected chi connectivity index (χ1v) is 5.32. The molecule has 2 rings (SSSR count). The number of nitrogens with one attached hydrogen (secondary N) is 1. The number of nitrogen functional groups attached to an aromatic ring is 1. The molecule has 4 N–H and O–H groups in total. The molecule has 0 aliphatic heterocycles. The smallest absolute Gasteiger partial charge is 0.337 e. The molecule has 0 aliphatic carbocycles. The second-order valence-corrected chi connectivity index (χ2v) is 3.86. The van der Waals surface area contributed by atoms with Crippen LogP contribution in [0.1, 0.15) is 10.4 Å². The molecule has 0 atom stereocenters. The molecule has 0 radical (unpaired) electrons. The lowest BCUT2D eigenvalue weighted by Gasteiger charge is -2.11. The van der Waals surface area contributed by atoms with Gasteiger partial charge in [0.1, 0.15) is 11.6 Å². The number of hydrogen-bond acceptors (Lipinski definition) is 3. The van der Waals surface area contributed by atoms with Gasteiger partial charge in [0.05, 0.1) is 16.9 Å². The molecule has 6 heteroatoms. The van der Waals surface area contributed by atoms with E-state index in [0.29, 0.717) is 6.07 Å². The zero-order valence-corrected chi connectivity index (χ0v) is 9.65. The highest BCUT2D eigenvalue weighted by Gasteiger charge is 2.12. The molecule has 0 saturated heterocycles. The van der Waals surface area contributed by atoms with Gasteiger partial charge in [0.25, 0.3) is 0 Å². The molecular formula is C13H10F2N2O2. The van der Waals surface area contributed by atoms with Crippen LogP contribution in [-0.2, 0) is 0 Å². The molecule has 0 amide bonds. The van der Waals surface area contributed by atoms with Gasteiger partial charge < -0.3 is 16.2 Å². The predicted octanol–water partition coefficient (Wildman–Crippen LogP) is 2.99. The van der Waals surface area contributed by atoms with Crippen LogP contribution in [0.5, 0.6) is 0 Å². The first kappa shape index (κ1) is 12.8. The summed E-state index contributed by atoms with van der Waals surface area (Å²) in [6.07, 6.45) is 0. The highest BCUT2D eigenvalue weighted by molar-refractivity contribution is 5.96. The van der Waals surface area contributed by atoms with Crippen molar-refractivity contribution in [2.45, 2.75) is 0 Å². The Morgan fingerprint density at radius 2 is 1.79 bits per heavy atom. The van der Waals surface area contributed by atoms with Crippen molar-refractivity contribution in [2.75, 3.05) is 11.1 Å². The predicted molar refractivity (Wildman–Crippen MR) is 67.5 cm³/mol. The normalized spacial score (nSPS) is 10.2. The van der Waals surface area contributed by atoms with Gasteiger partial charge >= 0.3 is 5.97 Å². The van der Waals surface area contributed by atoms with Gasteiger partial charge in [0.15, 0.2) is 0 Å². The number of carboxylic acid groups (broad SMARTS) is 1. The molecule has 4 nitrogen and oxygen atoms in total. The van der Waals surface area contributed by atoms with E-state index in [2.05, 4.69) is 5.32 Å². The lowest BCUT2D eigenvalue weighted by molar-refractivity contribution is 0.0698. The quantitative estimate of drug-likeness (QED) is 0.745. The van der Waals surface area contributed by atoms with E-state index in [1.54, 1.807) is 0 Å². The number of aromatic carboxylic acids is 1. The summed E-state index contributed by atoms with van der Waals surface area (Å²) in [5.41, 5.74) is 5.83. The van der Waals surface area contributed by atoms with Crippen LogP contribution < -0.4 is 11.1 Å². The van der Waals surface area contributed by atoms with E-state index >= 15 is 0 Å². The number of hydrogen-bond donors (Lipinski definition) is 3. The number of rotatable bonds is 3. The van der Waals surface area contributed by atoms with Crippen molar-refractivity contribution in [2.24, 2.45) is 0 Å². The third-order valence-electron chi connectivity index (χ3n) is 2.47. The van der Waals surface area contributed by atoms with Crippen LogP contribution in [-0.4, -0.2) is 11.1 Å². The fourth-order valence-electron chi connectivity index (χ4n) is 1.58. The first-order valence-electron chi connectivity index (χ1n) is 5.32. The van der Waals surface area contributed by atoms with E-state index in [0.717, 1.165) is 6.07 Å². The first-order chi connectivity index (χ1) is 8.97. The van der Waals surface area contributed by atoms with Crippen LogP contribution in [0.3, 0.4) is 0 Å². The van der Waals surface area contributed by atoms with Crippen molar-refractivity contribution in [3.05, 3.63) is 53.6 Å². The van der Waals surface area contributed by atoms with Gasteiger partial charge in [-0.3, -0.25) is 0 Å². The highest BCUT2D eigenvalue weighted by Crippen LogP contribution is 2.25. The summed E-state index contributed by atoms with van der Waals surface area (Å²) in [5.74, 6) is -2.72. The maximum Gasteiger partial charge on any atom is 0.337 e. The number of anilines is 3. The Bertz CT molecular complexity index is 645. The Balaban J connectivity index is 2.40. The minimum Gasteiger partial charge on any atom is -0.478 e. The van der Waals surface area contributed by atoms with Gasteiger partial charge in [-0.25, -0.2) is 13.6 Å². The lowest BCUT2D eigenvalue weighted by atomic mass is 10.1. The molecule has 0 aliphatic rings. The standard InChI is InChI=1S/C13H10F2N2O2/c14-7-1-3-12(10(15)5-7)17-11-4-2-8(16)6-9(11)13(18)19/h1-6,17H,16H2,(H,18,19). The minimum absolute atomic E-state index is 0.0197. The SMILES string of the molecule is Nc1ccc(Nc2ccc(F)cc2F)c(C(=O)O)c1. The van der Waals surface area contributed by atoms with E-state index in [1.165, 1.54) is 24.3 Å². The van der Waals surface area contributed by atoms with Crippen molar-refractivity contribution >= 4 is 23.0 Å². The molecule has 2 aromatic rings. The summed E-state index contributed by atoms with van der Waals surface area (Å²) in [6.45, 7) is 0. The third kappa shape index (κ3) is 2.79. The topological polar surface area (TPSA) is 75.3 Å². The van der Waals surface area contributed by atoms with Crippen LogP contribution in [0.25, 0.3) is 0 Å². The van der Waals surface area contributed by atoms with E-state index in [-0.39, 0.29) is 22.6 Å². The van der Waals surface area contributed by atoms with Gasteiger partial charge in [-0.1, -0.05) is 0 Å². The minimum atomic E-state index is -1.20. The number of halogens is 2. The molecule has 0 spiro atoms. The second kappa shape index (κ2) is 4.93. The fourth-order valence-corrected chi connectivity index (χ4v) is 1.58. The number of carbonyl (C=O) groups is 1. The molecule has 0 bridgehead atoms.